The van der Waals surface area contributed by atoms with E-state index in [1.807, 2.05) is 18.2 Å². The maximum Gasteiger partial charge on any atom is 0.415 e. The van der Waals surface area contributed by atoms with E-state index in [1.54, 1.807) is 28.6 Å². The zero-order valence-electron chi connectivity index (χ0n) is 17.3. The molecule has 4 heterocycles. The Bertz CT molecular complexity index is 1150. The highest BCUT2D eigenvalue weighted by atomic mass is 32.1. The van der Waals surface area contributed by atoms with Crippen molar-refractivity contribution in [3.05, 3.63) is 51.5 Å². The Labute approximate surface area is 183 Å². The largest absolute Gasteiger partial charge is 0.415 e. The van der Waals surface area contributed by atoms with Gasteiger partial charge in [0.2, 0.25) is 0 Å². The van der Waals surface area contributed by atoms with E-state index >= 15 is 0 Å². The fourth-order valence-corrected chi connectivity index (χ4v) is 5.42. The van der Waals surface area contributed by atoms with Crippen LogP contribution in [0.5, 0.6) is 5.75 Å². The number of hydrogen-bond donors (Lipinski definition) is 0. The summed E-state index contributed by atoms with van der Waals surface area (Å²) in [6.45, 7) is 1.98. The van der Waals surface area contributed by atoms with Gasteiger partial charge in [0.15, 0.2) is 10.3 Å². The van der Waals surface area contributed by atoms with Gasteiger partial charge >= 0.3 is 6.09 Å². The summed E-state index contributed by atoms with van der Waals surface area (Å²) >= 11 is 1.41. The van der Waals surface area contributed by atoms with Crippen molar-refractivity contribution in [1.29, 1.82) is 0 Å². The number of para-hydroxylation sites is 1. The van der Waals surface area contributed by atoms with E-state index in [-0.39, 0.29) is 17.5 Å². The topological polar surface area (TPSA) is 86.6 Å². The first-order valence-electron chi connectivity index (χ1n) is 10.6. The Morgan fingerprint density at radius 1 is 1.16 bits per heavy atom. The van der Waals surface area contributed by atoms with Crippen LogP contribution in [0.3, 0.4) is 0 Å². The molecule has 9 heteroatoms. The normalized spacial score (nSPS) is 19.8. The number of ether oxygens (including phenoxy) is 2. The molecule has 8 nitrogen and oxygen atoms in total. The maximum atomic E-state index is 13.0. The molecular weight excluding hydrogens is 416 g/mol. The van der Waals surface area contributed by atoms with Crippen LogP contribution in [0, 0.1) is 0 Å². The van der Waals surface area contributed by atoms with Crippen molar-refractivity contribution in [2.45, 2.75) is 37.6 Å². The summed E-state index contributed by atoms with van der Waals surface area (Å²) < 4.78 is 12.6. The van der Waals surface area contributed by atoms with Crippen LogP contribution in [-0.2, 0) is 11.8 Å². The molecule has 1 aromatic carbocycles. The summed E-state index contributed by atoms with van der Waals surface area (Å²) in [5.41, 5.74) is 0.243. The molecule has 2 saturated heterocycles. The summed E-state index contributed by atoms with van der Waals surface area (Å²) in [5.74, 6) is 1.52. The van der Waals surface area contributed by atoms with Crippen LogP contribution in [0.15, 0.2) is 35.1 Å². The number of hydrogen-bond acceptors (Lipinski definition) is 7. The third kappa shape index (κ3) is 3.83. The lowest BCUT2D eigenvalue weighted by Gasteiger charge is -2.22. The molecule has 0 saturated carbocycles. The molecule has 0 radical (unpaired) electrons. The number of carbonyl (C=O) groups excluding carboxylic acids is 1. The van der Waals surface area contributed by atoms with Gasteiger partial charge in [0, 0.05) is 32.7 Å². The molecule has 2 aliphatic heterocycles. The van der Waals surface area contributed by atoms with Crippen LogP contribution in [0.2, 0.25) is 0 Å². The fraction of sp³-hybridized carbons (Fsp3) is 0.455. The van der Waals surface area contributed by atoms with E-state index in [4.69, 9.17) is 14.5 Å². The zero-order valence-corrected chi connectivity index (χ0v) is 18.1. The number of amides is 1. The van der Waals surface area contributed by atoms with Crippen LogP contribution in [0.25, 0.3) is 10.3 Å². The van der Waals surface area contributed by atoms with Crippen molar-refractivity contribution in [3.8, 4) is 5.75 Å². The van der Waals surface area contributed by atoms with Gasteiger partial charge in [-0.05, 0) is 37.8 Å². The molecule has 162 valence electrons. The highest BCUT2D eigenvalue weighted by molar-refractivity contribution is 7.18. The first-order chi connectivity index (χ1) is 15.1. The Hall–Kier alpha value is -2.78. The average Bonchev–Trinajstić information content (AvgIpc) is 3.45. The van der Waals surface area contributed by atoms with Gasteiger partial charge in [-0.3, -0.25) is 14.3 Å². The van der Waals surface area contributed by atoms with Gasteiger partial charge in [0.25, 0.3) is 5.56 Å². The van der Waals surface area contributed by atoms with Crippen LogP contribution in [0.1, 0.15) is 48.5 Å². The maximum absolute atomic E-state index is 13.0. The highest BCUT2D eigenvalue weighted by Gasteiger charge is 2.34. The second kappa shape index (κ2) is 8.39. The first-order valence-corrected chi connectivity index (χ1v) is 11.4. The Morgan fingerprint density at radius 3 is 2.71 bits per heavy atom. The lowest BCUT2D eigenvalue weighted by atomic mass is 9.99. The van der Waals surface area contributed by atoms with E-state index in [1.165, 1.54) is 11.3 Å². The number of likely N-dealkylation sites (tertiary alicyclic amines) is 1. The summed E-state index contributed by atoms with van der Waals surface area (Å²) in [7, 11) is 1.76. The molecule has 3 aromatic rings. The number of benzene rings is 1. The molecule has 0 aliphatic carbocycles. The molecule has 0 spiro atoms. The van der Waals surface area contributed by atoms with Gasteiger partial charge in [-0.15, -0.1) is 0 Å². The van der Waals surface area contributed by atoms with E-state index < -0.39 is 6.09 Å². The van der Waals surface area contributed by atoms with Gasteiger partial charge in [-0.2, -0.15) is 0 Å². The van der Waals surface area contributed by atoms with E-state index in [9.17, 15) is 9.59 Å². The fourth-order valence-electron chi connectivity index (χ4n) is 4.34. The van der Waals surface area contributed by atoms with Crippen molar-refractivity contribution >= 4 is 27.8 Å². The number of aromatic nitrogens is 3. The molecular formula is C22H24N4O4S. The predicted molar refractivity (Wildman–Crippen MR) is 117 cm³/mol. The second-order valence-corrected chi connectivity index (χ2v) is 8.97. The Balaban J connectivity index is 1.44. The molecule has 2 aliphatic rings. The molecule has 0 bridgehead atoms. The monoisotopic (exact) mass is 440 g/mol. The minimum Gasteiger partial charge on any atom is -0.410 e. The lowest BCUT2D eigenvalue weighted by molar-refractivity contribution is 0.0828. The Morgan fingerprint density at radius 2 is 1.94 bits per heavy atom. The number of fused-ring (bicyclic) bond motifs is 1. The standard InChI is InChI=1S/C22H24N4O4S/c1-25-18(14-9-12-29-13-10-14)24-20-17(21(25)27)23-19(31-20)16-8-5-11-26(16)22(28)30-15-6-3-2-4-7-15/h2-4,6-7,14,16H,5,8-13H2,1H3/t16-/m1/s1. The SMILES string of the molecule is Cn1c(C2CCOCC2)nc2sc([C@H]3CCCN3C(=O)Oc3ccccc3)nc2c1=O. The van der Waals surface area contributed by atoms with Crippen molar-refractivity contribution in [3.63, 3.8) is 0 Å². The second-order valence-electron chi connectivity index (χ2n) is 7.96. The van der Waals surface area contributed by atoms with Crippen LogP contribution < -0.4 is 10.3 Å². The molecule has 5 rings (SSSR count). The molecule has 0 N–H and O–H groups in total. The van der Waals surface area contributed by atoms with E-state index in [0.717, 1.165) is 36.5 Å². The van der Waals surface area contributed by atoms with Crippen molar-refractivity contribution < 1.29 is 14.3 Å². The number of thiazole rings is 1. The predicted octanol–water partition coefficient (Wildman–Crippen LogP) is 3.62. The number of nitrogens with zero attached hydrogens (tertiary/aromatic N) is 4. The quantitative estimate of drug-likeness (QED) is 0.618. The minimum atomic E-state index is -0.392. The molecule has 1 atom stereocenters. The highest BCUT2D eigenvalue weighted by Crippen LogP contribution is 2.36. The van der Waals surface area contributed by atoms with Gasteiger partial charge in [-0.1, -0.05) is 29.5 Å². The lowest BCUT2D eigenvalue weighted by Crippen LogP contribution is -2.33. The number of carbonyl (C=O) groups is 1. The molecule has 0 unspecified atom stereocenters. The zero-order chi connectivity index (χ0) is 21.4. The molecule has 1 amide bonds. The molecule has 2 fully saturated rings. The minimum absolute atomic E-state index is 0.134. The number of rotatable bonds is 3. The summed E-state index contributed by atoms with van der Waals surface area (Å²) in [6, 6.07) is 8.84. The summed E-state index contributed by atoms with van der Waals surface area (Å²) in [6.07, 6.45) is 2.98. The van der Waals surface area contributed by atoms with Crippen molar-refractivity contribution in [2.75, 3.05) is 19.8 Å². The molecule has 2 aromatic heterocycles. The van der Waals surface area contributed by atoms with Crippen molar-refractivity contribution in [1.82, 2.24) is 19.4 Å². The van der Waals surface area contributed by atoms with Gasteiger partial charge in [0.05, 0.1) is 6.04 Å². The Kier molecular flexibility index (Phi) is 5.45. The third-order valence-electron chi connectivity index (χ3n) is 6.00. The van der Waals surface area contributed by atoms with Crippen LogP contribution >= 0.6 is 11.3 Å². The van der Waals surface area contributed by atoms with Crippen LogP contribution in [0.4, 0.5) is 4.79 Å². The van der Waals surface area contributed by atoms with Crippen molar-refractivity contribution in [2.24, 2.45) is 7.05 Å². The van der Waals surface area contributed by atoms with E-state index in [0.29, 0.717) is 35.9 Å². The van der Waals surface area contributed by atoms with Gasteiger partial charge < -0.3 is 9.47 Å². The smallest absolute Gasteiger partial charge is 0.410 e. The van der Waals surface area contributed by atoms with Crippen LogP contribution in [-0.4, -0.2) is 45.3 Å². The van der Waals surface area contributed by atoms with Gasteiger partial charge in [0.1, 0.15) is 16.6 Å². The average molecular weight is 441 g/mol. The first kappa shape index (κ1) is 20.1. The van der Waals surface area contributed by atoms with E-state index in [2.05, 4.69) is 4.98 Å². The summed E-state index contributed by atoms with van der Waals surface area (Å²) in [4.78, 5) is 37.6. The van der Waals surface area contributed by atoms with Gasteiger partial charge in [-0.25, -0.2) is 14.8 Å². The summed E-state index contributed by atoms with van der Waals surface area (Å²) in [5, 5.41) is 0.742. The molecule has 31 heavy (non-hydrogen) atoms. The third-order valence-corrected chi connectivity index (χ3v) is 7.05.